The third kappa shape index (κ3) is 5.09. The highest BCUT2D eigenvalue weighted by Crippen LogP contribution is 2.14. The summed E-state index contributed by atoms with van der Waals surface area (Å²) in [5, 5.41) is 26.0. The predicted octanol–water partition coefficient (Wildman–Crippen LogP) is -0.370. The maximum atomic E-state index is 11.4. The van der Waals surface area contributed by atoms with Crippen molar-refractivity contribution in [3.8, 4) is 0 Å². The molecule has 0 rings (SSSR count). The molecule has 0 fully saturated rings. The summed E-state index contributed by atoms with van der Waals surface area (Å²) in [6.07, 6.45) is -0.771. The summed E-state index contributed by atoms with van der Waals surface area (Å²) in [5.41, 5.74) is 0. The number of carbonyl (C=O) groups is 2. The minimum atomic E-state index is -0.972. The Bertz CT molecular complexity index is 235. The first kappa shape index (κ1) is 14.9. The number of carboxylic acids is 1. The zero-order valence-electron chi connectivity index (χ0n) is 9.42. The fourth-order valence-electron chi connectivity index (χ4n) is 1.14. The lowest BCUT2D eigenvalue weighted by Crippen LogP contribution is -2.29. The molecule has 0 aliphatic carbocycles. The van der Waals surface area contributed by atoms with E-state index in [4.69, 9.17) is 20.1 Å². The Kier molecular flexibility index (Phi) is 6.67. The molecule has 2 unspecified atom stereocenters. The van der Waals surface area contributed by atoms with Crippen LogP contribution in [-0.2, 0) is 14.3 Å². The summed E-state index contributed by atoms with van der Waals surface area (Å²) in [7, 11) is 0. The summed E-state index contributed by atoms with van der Waals surface area (Å²) in [6.45, 7) is 2.14. The molecule has 0 saturated heterocycles. The molecule has 0 spiro atoms. The van der Waals surface area contributed by atoms with Gasteiger partial charge in [0.25, 0.3) is 0 Å². The van der Waals surface area contributed by atoms with Gasteiger partial charge in [0.1, 0.15) is 6.10 Å². The van der Waals surface area contributed by atoms with Crippen LogP contribution in [-0.4, -0.2) is 46.6 Å². The SMILES string of the molecule is CC(CC(C)C(=O)OC(CO)CO)C(=O)O. The van der Waals surface area contributed by atoms with Gasteiger partial charge in [0, 0.05) is 0 Å². The third-order valence-electron chi connectivity index (χ3n) is 2.22. The second kappa shape index (κ2) is 7.19. The second-order valence-corrected chi connectivity index (χ2v) is 3.80. The predicted molar refractivity (Wildman–Crippen MR) is 54.6 cm³/mol. The summed E-state index contributed by atoms with van der Waals surface area (Å²) in [5.74, 6) is -2.79. The van der Waals surface area contributed by atoms with Crippen LogP contribution in [0.15, 0.2) is 0 Å². The number of carbonyl (C=O) groups excluding carboxylic acids is 1. The van der Waals surface area contributed by atoms with Gasteiger partial charge in [0.15, 0.2) is 0 Å². The molecule has 0 aliphatic heterocycles. The van der Waals surface area contributed by atoms with Gasteiger partial charge < -0.3 is 20.1 Å². The number of aliphatic hydroxyl groups is 2. The van der Waals surface area contributed by atoms with E-state index in [0.29, 0.717) is 0 Å². The van der Waals surface area contributed by atoms with Crippen LogP contribution >= 0.6 is 0 Å². The van der Waals surface area contributed by atoms with Gasteiger partial charge in [-0.3, -0.25) is 9.59 Å². The molecule has 0 aliphatic rings. The van der Waals surface area contributed by atoms with Crippen LogP contribution in [0.5, 0.6) is 0 Å². The molecule has 0 saturated carbocycles. The Balaban J connectivity index is 4.13. The monoisotopic (exact) mass is 234 g/mol. The Hall–Kier alpha value is -1.14. The van der Waals surface area contributed by atoms with E-state index in [0.717, 1.165) is 0 Å². The van der Waals surface area contributed by atoms with Gasteiger partial charge in [0.05, 0.1) is 25.0 Å². The van der Waals surface area contributed by atoms with Gasteiger partial charge >= 0.3 is 11.9 Å². The molecule has 0 aromatic carbocycles. The van der Waals surface area contributed by atoms with E-state index in [-0.39, 0.29) is 6.42 Å². The highest BCUT2D eigenvalue weighted by Gasteiger charge is 2.23. The van der Waals surface area contributed by atoms with Crippen LogP contribution in [0.2, 0.25) is 0 Å². The number of hydrogen-bond donors (Lipinski definition) is 3. The van der Waals surface area contributed by atoms with Crippen LogP contribution in [0.25, 0.3) is 0 Å². The van der Waals surface area contributed by atoms with E-state index in [9.17, 15) is 9.59 Å². The molecule has 0 aromatic rings. The summed E-state index contributed by atoms with van der Waals surface area (Å²) < 4.78 is 4.76. The van der Waals surface area contributed by atoms with Crippen LogP contribution in [0, 0.1) is 11.8 Å². The van der Waals surface area contributed by atoms with Crippen molar-refractivity contribution < 1.29 is 29.6 Å². The Morgan fingerprint density at radius 2 is 1.62 bits per heavy atom. The van der Waals surface area contributed by atoms with Gasteiger partial charge in [-0.15, -0.1) is 0 Å². The van der Waals surface area contributed by atoms with Gasteiger partial charge in [-0.25, -0.2) is 0 Å². The van der Waals surface area contributed by atoms with Crippen molar-refractivity contribution in [1.82, 2.24) is 0 Å². The second-order valence-electron chi connectivity index (χ2n) is 3.80. The van der Waals surface area contributed by atoms with Gasteiger partial charge in [0.2, 0.25) is 0 Å². The number of esters is 1. The highest BCUT2D eigenvalue weighted by molar-refractivity contribution is 5.74. The van der Waals surface area contributed by atoms with E-state index in [1.54, 1.807) is 6.92 Å². The molecule has 0 radical (unpaired) electrons. The number of aliphatic hydroxyl groups excluding tert-OH is 2. The molecular weight excluding hydrogens is 216 g/mol. The first-order valence-corrected chi connectivity index (χ1v) is 5.07. The van der Waals surface area contributed by atoms with Crippen molar-refractivity contribution in [2.75, 3.05) is 13.2 Å². The zero-order valence-corrected chi connectivity index (χ0v) is 9.42. The molecule has 0 heterocycles. The van der Waals surface area contributed by atoms with E-state index in [2.05, 4.69) is 0 Å². The molecular formula is C10H18O6. The summed E-state index contributed by atoms with van der Waals surface area (Å²) >= 11 is 0. The zero-order chi connectivity index (χ0) is 12.7. The van der Waals surface area contributed by atoms with Crippen molar-refractivity contribution in [2.24, 2.45) is 11.8 Å². The lowest BCUT2D eigenvalue weighted by atomic mass is 9.97. The minimum absolute atomic E-state index is 0.164. The maximum Gasteiger partial charge on any atom is 0.309 e. The number of rotatable bonds is 7. The first-order valence-electron chi connectivity index (χ1n) is 5.07. The molecule has 3 N–H and O–H groups in total. The highest BCUT2D eigenvalue weighted by atomic mass is 16.6. The third-order valence-corrected chi connectivity index (χ3v) is 2.22. The topological polar surface area (TPSA) is 104 Å². The lowest BCUT2D eigenvalue weighted by Gasteiger charge is -2.17. The van der Waals surface area contributed by atoms with E-state index >= 15 is 0 Å². The van der Waals surface area contributed by atoms with Crippen molar-refractivity contribution >= 4 is 11.9 Å². The van der Waals surface area contributed by atoms with Crippen molar-refractivity contribution in [2.45, 2.75) is 26.4 Å². The van der Waals surface area contributed by atoms with Gasteiger partial charge in [-0.1, -0.05) is 13.8 Å². The Labute approximate surface area is 93.8 Å². The van der Waals surface area contributed by atoms with Gasteiger partial charge in [-0.2, -0.15) is 0 Å². The summed E-state index contributed by atoms with van der Waals surface area (Å²) in [6, 6.07) is 0. The molecule has 0 aromatic heterocycles. The van der Waals surface area contributed by atoms with Gasteiger partial charge in [-0.05, 0) is 6.42 Å². The van der Waals surface area contributed by atoms with E-state index < -0.39 is 43.1 Å². The number of ether oxygens (including phenoxy) is 1. The molecule has 16 heavy (non-hydrogen) atoms. The fourth-order valence-corrected chi connectivity index (χ4v) is 1.14. The molecule has 0 amide bonds. The van der Waals surface area contributed by atoms with Crippen molar-refractivity contribution in [1.29, 1.82) is 0 Å². The minimum Gasteiger partial charge on any atom is -0.481 e. The average Bonchev–Trinajstić information content (AvgIpc) is 2.24. The molecule has 6 heteroatoms. The molecule has 2 atom stereocenters. The Morgan fingerprint density at radius 3 is 2.00 bits per heavy atom. The van der Waals surface area contributed by atoms with Crippen molar-refractivity contribution in [3.63, 3.8) is 0 Å². The molecule has 6 nitrogen and oxygen atoms in total. The first-order chi connectivity index (χ1) is 7.42. The van der Waals surface area contributed by atoms with Crippen LogP contribution < -0.4 is 0 Å². The average molecular weight is 234 g/mol. The molecule has 94 valence electrons. The number of carboxylic acid groups (broad SMARTS) is 1. The Morgan fingerprint density at radius 1 is 1.12 bits per heavy atom. The van der Waals surface area contributed by atoms with Crippen molar-refractivity contribution in [3.05, 3.63) is 0 Å². The molecule has 0 bridgehead atoms. The normalized spacial score (nSPS) is 14.6. The number of aliphatic carboxylic acids is 1. The quantitative estimate of drug-likeness (QED) is 0.519. The van der Waals surface area contributed by atoms with Crippen LogP contribution in [0.1, 0.15) is 20.3 Å². The van der Waals surface area contributed by atoms with Crippen LogP contribution in [0.4, 0.5) is 0 Å². The summed E-state index contributed by atoms with van der Waals surface area (Å²) in [4.78, 5) is 22.0. The lowest BCUT2D eigenvalue weighted by molar-refractivity contribution is -0.158. The number of hydrogen-bond acceptors (Lipinski definition) is 5. The standard InChI is InChI=1S/C10H18O6/c1-6(9(13)14)3-7(2)10(15)16-8(4-11)5-12/h6-8,11-12H,3-5H2,1-2H3,(H,13,14). The van der Waals surface area contributed by atoms with E-state index in [1.807, 2.05) is 0 Å². The largest absolute Gasteiger partial charge is 0.481 e. The maximum absolute atomic E-state index is 11.4. The smallest absolute Gasteiger partial charge is 0.309 e. The van der Waals surface area contributed by atoms with Crippen LogP contribution in [0.3, 0.4) is 0 Å². The fraction of sp³-hybridized carbons (Fsp3) is 0.800. The van der Waals surface area contributed by atoms with E-state index in [1.165, 1.54) is 6.92 Å².